The fraction of sp³-hybridized carbons (Fsp3) is 0.333. The van der Waals surface area contributed by atoms with Crippen LogP contribution in [0.1, 0.15) is 0 Å². The van der Waals surface area contributed by atoms with Crippen molar-refractivity contribution < 1.29 is 14.3 Å². The Morgan fingerprint density at radius 1 is 1.80 bits per heavy atom. The molecular weight excluding hydrogens is 152 g/mol. The molecule has 54 valence electrons. The van der Waals surface area contributed by atoms with Crippen molar-refractivity contribution in [3.8, 4) is 0 Å². The zero-order valence-corrected chi connectivity index (χ0v) is 6.23. The van der Waals surface area contributed by atoms with Gasteiger partial charge in [0.25, 0.3) is 0 Å². The van der Waals surface area contributed by atoms with Gasteiger partial charge < -0.3 is 4.74 Å². The van der Waals surface area contributed by atoms with Crippen LogP contribution in [0.4, 0.5) is 0 Å². The summed E-state index contributed by atoms with van der Waals surface area (Å²) in [5.74, 6) is -0.309. The number of ketones is 1. The highest BCUT2D eigenvalue weighted by Gasteiger charge is 2.22. The van der Waals surface area contributed by atoms with E-state index < -0.39 is 5.97 Å². The number of thioether (sulfide) groups is 1. The number of rotatable bonds is 1. The molecule has 1 aliphatic heterocycles. The monoisotopic (exact) mass is 158 g/mol. The van der Waals surface area contributed by atoms with Gasteiger partial charge in [-0.3, -0.25) is 4.79 Å². The van der Waals surface area contributed by atoms with Gasteiger partial charge in [0.05, 0.1) is 12.9 Å². The summed E-state index contributed by atoms with van der Waals surface area (Å²) >= 11 is 1.32. The second-order valence-corrected chi connectivity index (χ2v) is 2.61. The lowest BCUT2D eigenvalue weighted by molar-refractivity contribution is -0.137. The highest BCUT2D eigenvalue weighted by Crippen LogP contribution is 2.18. The van der Waals surface area contributed by atoms with Crippen molar-refractivity contribution in [2.45, 2.75) is 0 Å². The van der Waals surface area contributed by atoms with Crippen molar-refractivity contribution in [3.05, 3.63) is 11.0 Å². The molecule has 1 rings (SSSR count). The Morgan fingerprint density at radius 2 is 2.50 bits per heavy atom. The molecule has 0 aromatic rings. The molecular formula is C6H6O3S. The molecule has 0 unspecified atom stereocenters. The maximum absolute atomic E-state index is 10.8. The molecule has 0 saturated heterocycles. The first kappa shape index (κ1) is 7.34. The zero-order valence-electron chi connectivity index (χ0n) is 5.42. The summed E-state index contributed by atoms with van der Waals surface area (Å²) in [6, 6.07) is 0. The minimum Gasteiger partial charge on any atom is -0.465 e. The second kappa shape index (κ2) is 2.88. The third-order valence-corrected chi connectivity index (χ3v) is 1.95. The fourth-order valence-electron chi connectivity index (χ4n) is 0.616. The van der Waals surface area contributed by atoms with Gasteiger partial charge in [0.1, 0.15) is 5.57 Å². The summed E-state index contributed by atoms with van der Waals surface area (Å²) < 4.78 is 4.36. The number of ether oxygens (including phenoxy) is 1. The first-order valence-corrected chi connectivity index (χ1v) is 3.74. The van der Waals surface area contributed by atoms with E-state index in [-0.39, 0.29) is 11.4 Å². The SMILES string of the molecule is COC(=O)C1=CSCC1=O. The predicted molar refractivity (Wildman–Crippen MR) is 37.6 cm³/mol. The van der Waals surface area contributed by atoms with Crippen LogP contribution < -0.4 is 0 Å². The van der Waals surface area contributed by atoms with Crippen LogP contribution in [0.15, 0.2) is 11.0 Å². The molecule has 0 N–H and O–H groups in total. The summed E-state index contributed by atoms with van der Waals surface area (Å²) in [6.45, 7) is 0. The van der Waals surface area contributed by atoms with Gasteiger partial charge in [0.15, 0.2) is 5.78 Å². The van der Waals surface area contributed by atoms with Crippen LogP contribution >= 0.6 is 11.8 Å². The Kier molecular flexibility index (Phi) is 2.11. The highest BCUT2D eigenvalue weighted by molar-refractivity contribution is 8.03. The van der Waals surface area contributed by atoms with Gasteiger partial charge in [-0.2, -0.15) is 0 Å². The van der Waals surface area contributed by atoms with Crippen LogP contribution in [0.3, 0.4) is 0 Å². The summed E-state index contributed by atoms with van der Waals surface area (Å²) in [4.78, 5) is 21.5. The summed E-state index contributed by atoms with van der Waals surface area (Å²) in [7, 11) is 1.26. The minimum absolute atomic E-state index is 0.142. The average Bonchev–Trinajstić information content (AvgIpc) is 2.34. The average molecular weight is 158 g/mol. The molecule has 0 radical (unpaired) electrons. The lowest BCUT2D eigenvalue weighted by Gasteiger charge is -1.94. The summed E-state index contributed by atoms with van der Waals surface area (Å²) in [5, 5.41) is 1.54. The molecule has 0 bridgehead atoms. The molecule has 0 aromatic carbocycles. The molecule has 1 heterocycles. The Hall–Kier alpha value is -0.770. The summed E-state index contributed by atoms with van der Waals surface area (Å²) in [5.41, 5.74) is 0.174. The van der Waals surface area contributed by atoms with Gasteiger partial charge in [-0.15, -0.1) is 11.8 Å². The van der Waals surface area contributed by atoms with E-state index in [0.29, 0.717) is 5.75 Å². The van der Waals surface area contributed by atoms with Gasteiger partial charge in [0.2, 0.25) is 0 Å². The van der Waals surface area contributed by atoms with E-state index in [0.717, 1.165) is 0 Å². The minimum atomic E-state index is -0.532. The fourth-order valence-corrected chi connectivity index (χ4v) is 1.40. The third-order valence-electron chi connectivity index (χ3n) is 1.12. The van der Waals surface area contributed by atoms with Crippen molar-refractivity contribution >= 4 is 23.5 Å². The molecule has 0 spiro atoms. The van der Waals surface area contributed by atoms with Crippen LogP contribution in [-0.4, -0.2) is 24.6 Å². The van der Waals surface area contributed by atoms with E-state index in [1.54, 1.807) is 0 Å². The standard InChI is InChI=1S/C6H6O3S/c1-9-6(8)4-2-10-3-5(4)7/h2H,3H2,1H3. The molecule has 0 atom stereocenters. The van der Waals surface area contributed by atoms with Crippen LogP contribution in [0.25, 0.3) is 0 Å². The molecule has 10 heavy (non-hydrogen) atoms. The van der Waals surface area contributed by atoms with Gasteiger partial charge in [-0.05, 0) is 5.41 Å². The van der Waals surface area contributed by atoms with Crippen molar-refractivity contribution in [3.63, 3.8) is 0 Å². The lowest BCUT2D eigenvalue weighted by Crippen LogP contribution is -2.11. The second-order valence-electron chi connectivity index (χ2n) is 1.76. The largest absolute Gasteiger partial charge is 0.465 e. The van der Waals surface area contributed by atoms with E-state index in [1.165, 1.54) is 24.3 Å². The van der Waals surface area contributed by atoms with Crippen LogP contribution in [0.2, 0.25) is 0 Å². The Morgan fingerprint density at radius 3 is 2.90 bits per heavy atom. The molecule has 0 saturated carbocycles. The molecule has 0 fully saturated rings. The molecule has 4 heteroatoms. The Labute approximate surface area is 62.4 Å². The zero-order chi connectivity index (χ0) is 7.56. The Balaban J connectivity index is 2.72. The number of esters is 1. The van der Waals surface area contributed by atoms with E-state index in [9.17, 15) is 9.59 Å². The van der Waals surface area contributed by atoms with Crippen LogP contribution in [-0.2, 0) is 14.3 Å². The van der Waals surface area contributed by atoms with Crippen LogP contribution in [0.5, 0.6) is 0 Å². The number of Topliss-reactive ketones (excluding diaryl/α,β-unsaturated/α-hetero) is 1. The highest BCUT2D eigenvalue weighted by atomic mass is 32.2. The topological polar surface area (TPSA) is 43.4 Å². The molecule has 3 nitrogen and oxygen atoms in total. The van der Waals surface area contributed by atoms with Crippen molar-refractivity contribution in [2.75, 3.05) is 12.9 Å². The number of carbonyl (C=O) groups is 2. The van der Waals surface area contributed by atoms with Crippen molar-refractivity contribution in [1.82, 2.24) is 0 Å². The molecule has 0 aromatic heterocycles. The van der Waals surface area contributed by atoms with Crippen molar-refractivity contribution in [2.24, 2.45) is 0 Å². The lowest BCUT2D eigenvalue weighted by atomic mass is 10.2. The molecule has 0 aliphatic carbocycles. The van der Waals surface area contributed by atoms with Crippen molar-refractivity contribution in [1.29, 1.82) is 0 Å². The quantitative estimate of drug-likeness (QED) is 0.408. The number of methoxy groups -OCH3 is 1. The maximum Gasteiger partial charge on any atom is 0.342 e. The van der Waals surface area contributed by atoms with Gasteiger partial charge >= 0.3 is 5.97 Å². The van der Waals surface area contributed by atoms with E-state index in [1.807, 2.05) is 0 Å². The van der Waals surface area contributed by atoms with Gasteiger partial charge in [-0.1, -0.05) is 0 Å². The summed E-state index contributed by atoms with van der Waals surface area (Å²) in [6.07, 6.45) is 0. The third kappa shape index (κ3) is 1.21. The molecule has 0 amide bonds. The molecule has 1 aliphatic rings. The number of hydrogen-bond donors (Lipinski definition) is 0. The van der Waals surface area contributed by atoms with E-state index >= 15 is 0 Å². The maximum atomic E-state index is 10.8. The van der Waals surface area contributed by atoms with Gasteiger partial charge in [0, 0.05) is 0 Å². The van der Waals surface area contributed by atoms with Gasteiger partial charge in [-0.25, -0.2) is 4.79 Å². The smallest absolute Gasteiger partial charge is 0.342 e. The number of hydrogen-bond acceptors (Lipinski definition) is 4. The Bertz CT molecular complexity index is 207. The number of carbonyl (C=O) groups excluding carboxylic acids is 2. The first-order chi connectivity index (χ1) is 4.75. The predicted octanol–water partition coefficient (Wildman–Crippen LogP) is 0.359. The van der Waals surface area contributed by atoms with Crippen LogP contribution in [0, 0.1) is 0 Å². The van der Waals surface area contributed by atoms with E-state index in [4.69, 9.17) is 0 Å². The van der Waals surface area contributed by atoms with E-state index in [2.05, 4.69) is 4.74 Å². The first-order valence-electron chi connectivity index (χ1n) is 2.69. The normalized spacial score (nSPS) is 16.9.